The summed E-state index contributed by atoms with van der Waals surface area (Å²) in [7, 11) is -4.11. The van der Waals surface area contributed by atoms with Gasteiger partial charge in [-0.3, -0.25) is 4.79 Å². The van der Waals surface area contributed by atoms with E-state index in [1.807, 2.05) is 6.07 Å². The molecule has 3 rings (SSSR count). The van der Waals surface area contributed by atoms with Gasteiger partial charge in [-0.25, -0.2) is 13.2 Å². The summed E-state index contributed by atoms with van der Waals surface area (Å²) in [6, 6.07) is 18.2. The predicted octanol–water partition coefficient (Wildman–Crippen LogP) is 4.44. The van der Waals surface area contributed by atoms with E-state index in [0.29, 0.717) is 23.6 Å². The number of hydrogen-bond donors (Lipinski definition) is 2. The Balaban J connectivity index is 1.82. The smallest absolute Gasteiger partial charge is 0.338 e. The van der Waals surface area contributed by atoms with Crippen LogP contribution >= 0.6 is 11.6 Å². The van der Waals surface area contributed by atoms with Crippen LogP contribution in [0.2, 0.25) is 5.02 Å². The summed E-state index contributed by atoms with van der Waals surface area (Å²) in [5.41, 5.74) is 1.50. The minimum absolute atomic E-state index is 0.0967. The van der Waals surface area contributed by atoms with E-state index < -0.39 is 27.9 Å². The van der Waals surface area contributed by atoms with Gasteiger partial charge in [-0.05, 0) is 68.3 Å². The van der Waals surface area contributed by atoms with Crippen molar-refractivity contribution in [1.82, 2.24) is 4.72 Å². The Hall–Kier alpha value is -3.40. The topological polar surface area (TPSA) is 111 Å². The number of carbonyl (C=O) groups excluding carboxylic acids is 2. The van der Waals surface area contributed by atoms with Gasteiger partial charge < -0.3 is 14.8 Å². The predicted molar refractivity (Wildman–Crippen MR) is 138 cm³/mol. The van der Waals surface area contributed by atoms with Crippen molar-refractivity contribution in [1.29, 1.82) is 0 Å². The number of ether oxygens (including phenoxy) is 2. The van der Waals surface area contributed by atoms with Gasteiger partial charge in [0.2, 0.25) is 15.9 Å². The molecule has 0 bridgehead atoms. The maximum absolute atomic E-state index is 13.2. The average Bonchev–Trinajstić information content (AvgIpc) is 2.86. The van der Waals surface area contributed by atoms with E-state index in [9.17, 15) is 18.0 Å². The standard InChI is InChI=1S/C26H27ClN2O6S/c1-3-34-24-15-14-21(17-22(24)27)36(32,33)29-23(16-18-8-6-5-7-9-18)25(30)28-20-12-10-19(11-13-20)26(31)35-4-2/h5-15,17,23,29H,3-4,16H2,1-2H3,(H,28,30)/t23-/m1/s1. The van der Waals surface area contributed by atoms with Crippen molar-refractivity contribution in [2.45, 2.75) is 31.2 Å². The Kier molecular flexibility index (Phi) is 9.46. The normalized spacial score (nSPS) is 12.0. The van der Waals surface area contributed by atoms with Gasteiger partial charge in [-0.2, -0.15) is 4.72 Å². The van der Waals surface area contributed by atoms with Crippen LogP contribution in [0.3, 0.4) is 0 Å². The van der Waals surface area contributed by atoms with Gasteiger partial charge in [0, 0.05) is 5.69 Å². The Morgan fingerprint density at radius 3 is 2.25 bits per heavy atom. The molecule has 0 aliphatic rings. The lowest BCUT2D eigenvalue weighted by Gasteiger charge is -2.19. The summed E-state index contributed by atoms with van der Waals surface area (Å²) in [5, 5.41) is 2.85. The number of rotatable bonds is 11. The Bertz CT molecular complexity index is 1300. The molecule has 1 amide bonds. The fourth-order valence-corrected chi connectivity index (χ4v) is 4.87. The second-order valence-electron chi connectivity index (χ2n) is 7.68. The van der Waals surface area contributed by atoms with Crippen LogP contribution in [-0.2, 0) is 26.0 Å². The number of amides is 1. The van der Waals surface area contributed by atoms with E-state index in [2.05, 4.69) is 10.0 Å². The summed E-state index contributed by atoms with van der Waals surface area (Å²) < 4.78 is 39.1. The van der Waals surface area contributed by atoms with Crippen molar-refractivity contribution in [3.63, 3.8) is 0 Å². The van der Waals surface area contributed by atoms with Gasteiger partial charge in [0.1, 0.15) is 11.8 Å². The molecule has 2 N–H and O–H groups in total. The monoisotopic (exact) mass is 530 g/mol. The number of sulfonamides is 1. The van der Waals surface area contributed by atoms with Crippen molar-refractivity contribution in [2.75, 3.05) is 18.5 Å². The fourth-order valence-electron chi connectivity index (χ4n) is 3.35. The molecule has 0 aliphatic carbocycles. The van der Waals surface area contributed by atoms with Crippen LogP contribution in [0.25, 0.3) is 0 Å². The van der Waals surface area contributed by atoms with Crippen molar-refractivity contribution < 1.29 is 27.5 Å². The first-order valence-corrected chi connectivity index (χ1v) is 13.2. The van der Waals surface area contributed by atoms with Crippen molar-refractivity contribution >= 4 is 39.2 Å². The molecule has 8 nitrogen and oxygen atoms in total. The zero-order valence-electron chi connectivity index (χ0n) is 19.9. The summed E-state index contributed by atoms with van der Waals surface area (Å²) >= 11 is 6.18. The third-order valence-corrected chi connectivity index (χ3v) is 6.84. The number of carbonyl (C=O) groups is 2. The second kappa shape index (κ2) is 12.5. The van der Waals surface area contributed by atoms with Gasteiger partial charge >= 0.3 is 5.97 Å². The molecule has 0 fully saturated rings. The van der Waals surface area contributed by atoms with Crippen LogP contribution in [0, 0.1) is 0 Å². The second-order valence-corrected chi connectivity index (χ2v) is 9.80. The number of halogens is 1. The maximum Gasteiger partial charge on any atom is 0.338 e. The van der Waals surface area contributed by atoms with Crippen LogP contribution < -0.4 is 14.8 Å². The van der Waals surface area contributed by atoms with Crippen LogP contribution in [-0.4, -0.2) is 39.5 Å². The number of hydrogen-bond acceptors (Lipinski definition) is 6. The van der Waals surface area contributed by atoms with Gasteiger partial charge in [-0.15, -0.1) is 0 Å². The van der Waals surface area contributed by atoms with Gasteiger partial charge in [0.05, 0.1) is 28.7 Å². The molecule has 3 aromatic rings. The molecular formula is C26H27ClN2O6S. The Morgan fingerprint density at radius 1 is 0.944 bits per heavy atom. The highest BCUT2D eigenvalue weighted by Gasteiger charge is 2.27. The third-order valence-electron chi connectivity index (χ3n) is 5.07. The number of benzene rings is 3. The summed E-state index contributed by atoms with van der Waals surface area (Å²) in [4.78, 5) is 24.9. The average molecular weight is 531 g/mol. The lowest BCUT2D eigenvalue weighted by atomic mass is 10.1. The lowest BCUT2D eigenvalue weighted by molar-refractivity contribution is -0.117. The number of nitrogens with one attached hydrogen (secondary N) is 2. The zero-order chi connectivity index (χ0) is 26.1. The van der Waals surface area contributed by atoms with E-state index in [1.165, 1.54) is 30.3 Å². The van der Waals surface area contributed by atoms with Crippen molar-refractivity contribution in [3.05, 3.63) is 88.9 Å². The molecule has 0 unspecified atom stereocenters. The Morgan fingerprint density at radius 2 is 1.64 bits per heavy atom. The first kappa shape index (κ1) is 27.2. The molecule has 3 aromatic carbocycles. The first-order valence-electron chi connectivity index (χ1n) is 11.3. The van der Waals surface area contributed by atoms with E-state index in [-0.39, 0.29) is 22.9 Å². The first-order chi connectivity index (χ1) is 17.2. The summed E-state index contributed by atoms with van der Waals surface area (Å²) in [6.07, 6.45) is 0.109. The van der Waals surface area contributed by atoms with E-state index in [4.69, 9.17) is 21.1 Å². The molecule has 0 spiro atoms. The molecule has 0 heterocycles. The maximum atomic E-state index is 13.2. The quantitative estimate of drug-likeness (QED) is 0.354. The van der Waals surface area contributed by atoms with Crippen LogP contribution in [0.1, 0.15) is 29.8 Å². The SMILES string of the molecule is CCOC(=O)c1ccc(NC(=O)[C@@H](Cc2ccccc2)NS(=O)(=O)c2ccc(OCC)c(Cl)c2)cc1. The molecule has 0 radical (unpaired) electrons. The molecule has 0 saturated heterocycles. The van der Waals surface area contributed by atoms with E-state index in [0.717, 1.165) is 5.56 Å². The van der Waals surface area contributed by atoms with Gasteiger partial charge in [0.25, 0.3) is 0 Å². The zero-order valence-corrected chi connectivity index (χ0v) is 21.4. The molecule has 0 aliphatic heterocycles. The molecule has 1 atom stereocenters. The third kappa shape index (κ3) is 7.30. The highest BCUT2D eigenvalue weighted by molar-refractivity contribution is 7.89. The van der Waals surface area contributed by atoms with Crippen LogP contribution in [0.4, 0.5) is 5.69 Å². The molecule has 190 valence electrons. The lowest BCUT2D eigenvalue weighted by Crippen LogP contribution is -2.45. The molecule has 0 aromatic heterocycles. The van der Waals surface area contributed by atoms with Gasteiger partial charge in [0.15, 0.2) is 0 Å². The highest BCUT2D eigenvalue weighted by atomic mass is 35.5. The van der Waals surface area contributed by atoms with E-state index >= 15 is 0 Å². The molecule has 36 heavy (non-hydrogen) atoms. The van der Waals surface area contributed by atoms with E-state index in [1.54, 1.807) is 50.2 Å². The van der Waals surface area contributed by atoms with Crippen LogP contribution in [0.5, 0.6) is 5.75 Å². The molecule has 10 heteroatoms. The van der Waals surface area contributed by atoms with Gasteiger partial charge in [-0.1, -0.05) is 41.9 Å². The fraction of sp³-hybridized carbons (Fsp3) is 0.231. The largest absolute Gasteiger partial charge is 0.492 e. The minimum atomic E-state index is -4.11. The molecular weight excluding hydrogens is 504 g/mol. The van der Waals surface area contributed by atoms with Crippen molar-refractivity contribution in [2.24, 2.45) is 0 Å². The Labute approximate surface area is 215 Å². The minimum Gasteiger partial charge on any atom is -0.492 e. The summed E-state index contributed by atoms with van der Waals surface area (Å²) in [5.74, 6) is -0.676. The highest BCUT2D eigenvalue weighted by Crippen LogP contribution is 2.27. The van der Waals surface area contributed by atoms with Crippen LogP contribution in [0.15, 0.2) is 77.7 Å². The number of esters is 1. The van der Waals surface area contributed by atoms with Crippen molar-refractivity contribution in [3.8, 4) is 5.75 Å². The molecule has 0 saturated carbocycles. The number of anilines is 1. The summed E-state index contributed by atoms with van der Waals surface area (Å²) in [6.45, 7) is 4.13.